The van der Waals surface area contributed by atoms with Gasteiger partial charge in [0, 0.05) is 17.6 Å². The molecule has 0 aromatic heterocycles. The number of hydrogen-bond donors (Lipinski definition) is 0. The highest BCUT2D eigenvalue weighted by Gasteiger charge is 2.42. The van der Waals surface area contributed by atoms with Crippen LogP contribution in [0.4, 0.5) is 30.7 Å². The monoisotopic (exact) mass is 612 g/mol. The summed E-state index contributed by atoms with van der Waals surface area (Å²) in [6.45, 7) is 9.41. The van der Waals surface area contributed by atoms with Crippen molar-refractivity contribution in [3.05, 3.63) is 115 Å². The normalized spacial score (nSPS) is 14.9. The average Bonchev–Trinajstić information content (AvgIpc) is 3.06. The molecule has 0 heterocycles. The van der Waals surface area contributed by atoms with Crippen LogP contribution >= 0.6 is 0 Å². The van der Waals surface area contributed by atoms with Crippen LogP contribution in [0, 0.1) is 5.41 Å². The molecule has 0 saturated carbocycles. The first-order chi connectivity index (χ1) is 19.8. The fraction of sp³-hybridized carbons (Fsp3) is 0.200. The molecule has 2 aromatic rings. The molecule has 13 heteroatoms. The summed E-state index contributed by atoms with van der Waals surface area (Å²) in [6, 6.07) is 4.54. The van der Waals surface area contributed by atoms with Gasteiger partial charge in [-0.3, -0.25) is 0 Å². The molecule has 0 N–H and O–H groups in total. The van der Waals surface area contributed by atoms with Gasteiger partial charge in [0.1, 0.15) is 28.6 Å². The summed E-state index contributed by atoms with van der Waals surface area (Å²) >= 11 is 0. The molecule has 0 aliphatic heterocycles. The molecule has 0 spiro atoms. The number of halogens is 7. The highest BCUT2D eigenvalue weighted by Crippen LogP contribution is 2.44. The summed E-state index contributed by atoms with van der Waals surface area (Å²) in [7, 11) is 0. The van der Waals surface area contributed by atoms with Gasteiger partial charge < -0.3 is 18.9 Å². The van der Waals surface area contributed by atoms with Crippen molar-refractivity contribution in [2.75, 3.05) is 0 Å². The minimum atomic E-state index is -5.32. The van der Waals surface area contributed by atoms with Gasteiger partial charge in [-0.15, -0.1) is 0 Å². The van der Waals surface area contributed by atoms with E-state index < -0.39 is 63.9 Å². The third-order valence-electron chi connectivity index (χ3n) is 5.51. The zero-order valence-electron chi connectivity index (χ0n) is 22.5. The largest absolute Gasteiger partial charge is 0.429 e. The molecule has 228 valence electrons. The lowest BCUT2D eigenvalue weighted by Gasteiger charge is -2.24. The lowest BCUT2D eigenvalue weighted by molar-refractivity contribution is -0.191. The maximum Gasteiger partial charge on any atom is 0.426 e. The predicted molar refractivity (Wildman–Crippen MR) is 139 cm³/mol. The van der Waals surface area contributed by atoms with Crippen LogP contribution in [-0.2, 0) is 26.6 Å². The van der Waals surface area contributed by atoms with Crippen molar-refractivity contribution < 1.29 is 59.3 Å². The van der Waals surface area contributed by atoms with E-state index in [1.807, 2.05) is 0 Å². The number of allylic oxidation sites excluding steroid dienone is 3. The predicted octanol–water partition coefficient (Wildman–Crippen LogP) is 8.03. The van der Waals surface area contributed by atoms with Gasteiger partial charge in [0.15, 0.2) is 0 Å². The third-order valence-corrected chi connectivity index (χ3v) is 5.51. The van der Waals surface area contributed by atoms with Crippen molar-refractivity contribution in [1.29, 1.82) is 0 Å². The van der Waals surface area contributed by atoms with Gasteiger partial charge in [0.2, 0.25) is 0 Å². The van der Waals surface area contributed by atoms with Crippen molar-refractivity contribution in [3.63, 3.8) is 0 Å². The van der Waals surface area contributed by atoms with E-state index in [1.54, 1.807) is 0 Å². The molecule has 2 aromatic carbocycles. The first-order valence-corrected chi connectivity index (χ1v) is 12.1. The van der Waals surface area contributed by atoms with Gasteiger partial charge in [-0.2, -0.15) is 30.7 Å². The van der Waals surface area contributed by atoms with Crippen molar-refractivity contribution in [3.8, 4) is 17.2 Å². The van der Waals surface area contributed by atoms with Gasteiger partial charge in [-0.1, -0.05) is 33.1 Å². The maximum atomic E-state index is 15.2. The highest BCUT2D eigenvalue weighted by molar-refractivity contribution is 5.83. The van der Waals surface area contributed by atoms with Crippen LogP contribution in [0.2, 0.25) is 0 Å². The average molecular weight is 612 g/mol. The second kappa shape index (κ2) is 12.2. The molecule has 0 saturated heterocycles. The Labute approximate surface area is 241 Å². The highest BCUT2D eigenvalue weighted by atomic mass is 19.4. The number of benzene rings is 2. The van der Waals surface area contributed by atoms with Gasteiger partial charge in [-0.05, 0) is 60.7 Å². The standard InChI is InChI=1S/C30H23F7O6/c1-5-25(38)40-20-10-7-18(8-11-20)29(34,35)43-24-14-13-21(15-23(24)28(31,32)33)42-30(36,37)19-9-12-22(41-26(39)6-2)17-27(3,4)16-19/h5-17H,1-2H2,3-4H3. The Balaban J connectivity index is 1.88. The van der Waals surface area contributed by atoms with Gasteiger partial charge in [0.25, 0.3) is 0 Å². The van der Waals surface area contributed by atoms with E-state index in [9.17, 15) is 31.5 Å². The fourth-order valence-electron chi connectivity index (χ4n) is 3.64. The quantitative estimate of drug-likeness (QED) is 0.117. The number of rotatable bonds is 10. The summed E-state index contributed by atoms with van der Waals surface area (Å²) in [5.74, 6) is -4.34. The number of hydrogen-bond acceptors (Lipinski definition) is 6. The Morgan fingerprint density at radius 1 is 0.744 bits per heavy atom. The SMILES string of the molecule is C=CC(=O)OC1=CC(C)(C)C=C(C(F)(F)Oc2ccc(OC(F)(F)c3ccc(OC(=O)C=C)cc3)c(C(F)(F)F)c2)C=C1. The molecule has 1 aliphatic rings. The topological polar surface area (TPSA) is 71.1 Å². The molecule has 0 bridgehead atoms. The summed E-state index contributed by atoms with van der Waals surface area (Å²) in [6.07, 6.45) is -7.89. The maximum absolute atomic E-state index is 15.2. The second-order valence-corrected chi connectivity index (χ2v) is 9.47. The molecule has 6 nitrogen and oxygen atoms in total. The zero-order chi connectivity index (χ0) is 32.2. The molecule has 0 fully saturated rings. The summed E-state index contributed by atoms with van der Waals surface area (Å²) in [5, 5.41) is 0. The smallest absolute Gasteiger partial charge is 0.426 e. The number of esters is 2. The van der Waals surface area contributed by atoms with Crippen molar-refractivity contribution in [2.24, 2.45) is 5.41 Å². The van der Waals surface area contributed by atoms with Crippen LogP contribution in [0.15, 0.2) is 103 Å². The third kappa shape index (κ3) is 8.60. The van der Waals surface area contributed by atoms with E-state index >= 15 is 8.78 Å². The molecule has 0 unspecified atom stereocenters. The van der Waals surface area contributed by atoms with Crippen LogP contribution in [0.1, 0.15) is 25.0 Å². The van der Waals surface area contributed by atoms with Crippen LogP contribution in [-0.4, -0.2) is 18.0 Å². The number of carbonyl (C=O) groups excluding carboxylic acids is 2. The molecular weight excluding hydrogens is 589 g/mol. The Morgan fingerprint density at radius 2 is 1.33 bits per heavy atom. The van der Waals surface area contributed by atoms with E-state index in [1.165, 1.54) is 19.9 Å². The van der Waals surface area contributed by atoms with E-state index in [0.29, 0.717) is 12.1 Å². The van der Waals surface area contributed by atoms with Crippen LogP contribution in [0.25, 0.3) is 0 Å². The van der Waals surface area contributed by atoms with Crippen molar-refractivity contribution in [2.45, 2.75) is 32.2 Å². The van der Waals surface area contributed by atoms with Crippen LogP contribution < -0.4 is 14.2 Å². The lowest BCUT2D eigenvalue weighted by Crippen LogP contribution is -2.28. The fourth-order valence-corrected chi connectivity index (χ4v) is 3.64. The minimum Gasteiger partial charge on any atom is -0.429 e. The molecular formula is C30H23F7O6. The second-order valence-electron chi connectivity index (χ2n) is 9.47. The summed E-state index contributed by atoms with van der Waals surface area (Å²) in [4.78, 5) is 22.8. The Bertz CT molecular complexity index is 1500. The van der Waals surface area contributed by atoms with Crippen LogP contribution in [0.3, 0.4) is 0 Å². The zero-order valence-corrected chi connectivity index (χ0v) is 22.5. The van der Waals surface area contributed by atoms with E-state index in [4.69, 9.17) is 9.47 Å². The van der Waals surface area contributed by atoms with Gasteiger partial charge >= 0.3 is 30.3 Å². The van der Waals surface area contributed by atoms with E-state index in [-0.39, 0.29) is 17.6 Å². The Hall–Kier alpha value is -4.81. The number of carbonyl (C=O) groups is 2. The minimum absolute atomic E-state index is 0.0915. The molecule has 1 aliphatic carbocycles. The Kier molecular flexibility index (Phi) is 9.28. The van der Waals surface area contributed by atoms with Gasteiger partial charge in [0.05, 0.1) is 11.1 Å². The van der Waals surface area contributed by atoms with E-state index in [2.05, 4.69) is 22.6 Å². The molecule has 3 rings (SSSR count). The van der Waals surface area contributed by atoms with Crippen molar-refractivity contribution in [1.82, 2.24) is 0 Å². The first-order valence-electron chi connectivity index (χ1n) is 12.1. The number of alkyl halides is 7. The molecule has 0 amide bonds. The van der Waals surface area contributed by atoms with Crippen molar-refractivity contribution >= 4 is 11.9 Å². The van der Waals surface area contributed by atoms with Crippen LogP contribution in [0.5, 0.6) is 17.2 Å². The summed E-state index contributed by atoms with van der Waals surface area (Å²) < 4.78 is 120. The molecule has 0 atom stereocenters. The number of ether oxygens (including phenoxy) is 4. The lowest BCUT2D eigenvalue weighted by atomic mass is 9.91. The molecule has 43 heavy (non-hydrogen) atoms. The first kappa shape index (κ1) is 32.7. The molecule has 0 radical (unpaired) electrons. The summed E-state index contributed by atoms with van der Waals surface area (Å²) in [5.41, 5.74) is -4.63. The Morgan fingerprint density at radius 3 is 1.91 bits per heavy atom. The van der Waals surface area contributed by atoms with E-state index in [0.717, 1.165) is 54.6 Å². The van der Waals surface area contributed by atoms with Gasteiger partial charge in [-0.25, -0.2) is 9.59 Å².